The Morgan fingerprint density at radius 3 is 2.52 bits per heavy atom. The number of nitrogens with zero attached hydrogens (tertiary/aromatic N) is 1. The van der Waals surface area contributed by atoms with Gasteiger partial charge in [-0.3, -0.25) is 0 Å². The van der Waals surface area contributed by atoms with Crippen LogP contribution in [0, 0.1) is 18.3 Å². The predicted molar refractivity (Wildman–Crippen MR) is 89.6 cm³/mol. The molecule has 0 aliphatic carbocycles. The zero-order valence-corrected chi connectivity index (χ0v) is 13.8. The second-order valence-corrected chi connectivity index (χ2v) is 6.86. The van der Waals surface area contributed by atoms with Gasteiger partial charge in [-0.1, -0.05) is 29.8 Å². The highest BCUT2D eigenvalue weighted by Gasteiger charge is 2.20. The van der Waals surface area contributed by atoms with Gasteiger partial charge in [-0.05, 0) is 49.8 Å². The predicted octanol–water partition coefficient (Wildman–Crippen LogP) is 3.73. The Bertz CT molecular complexity index is 860. The molecule has 0 heterocycles. The smallest absolute Gasteiger partial charge is 0.216 e. The maximum atomic E-state index is 12.6. The van der Waals surface area contributed by atoms with Gasteiger partial charge in [0.25, 0.3) is 0 Å². The van der Waals surface area contributed by atoms with Crippen molar-refractivity contribution in [1.29, 1.82) is 5.26 Å². The van der Waals surface area contributed by atoms with Gasteiger partial charge >= 0.3 is 0 Å². The summed E-state index contributed by atoms with van der Waals surface area (Å²) in [7, 11) is -3.83. The highest BCUT2D eigenvalue weighted by atomic mass is 32.2. The van der Waals surface area contributed by atoms with E-state index in [1.807, 2.05) is 13.8 Å². The van der Waals surface area contributed by atoms with Crippen LogP contribution in [0.4, 0.5) is 0 Å². The Morgan fingerprint density at radius 1 is 1.22 bits per heavy atom. The van der Waals surface area contributed by atoms with E-state index in [1.54, 1.807) is 42.5 Å². The number of sulfone groups is 1. The first-order chi connectivity index (χ1) is 11.0. The van der Waals surface area contributed by atoms with Crippen molar-refractivity contribution in [3.63, 3.8) is 0 Å². The average molecular weight is 327 g/mol. The highest BCUT2D eigenvalue weighted by molar-refractivity contribution is 7.95. The number of nitriles is 1. The maximum Gasteiger partial charge on any atom is 0.216 e. The van der Waals surface area contributed by atoms with Gasteiger partial charge in [-0.15, -0.1) is 0 Å². The fourth-order valence-corrected chi connectivity index (χ4v) is 3.19. The molecule has 2 aromatic carbocycles. The summed E-state index contributed by atoms with van der Waals surface area (Å²) in [5, 5.41) is 9.28. The number of aryl methyl sites for hydroxylation is 1. The van der Waals surface area contributed by atoms with Crippen LogP contribution in [0.2, 0.25) is 0 Å². The molecule has 2 aromatic rings. The number of hydrogen-bond donors (Lipinski definition) is 0. The zero-order chi connectivity index (χ0) is 16.9. The second kappa shape index (κ2) is 7.12. The SMILES string of the molecule is CCOc1cccc(C=C(C#N)S(=O)(=O)c2ccc(C)cc2)c1. The fraction of sp³-hybridized carbons (Fsp3) is 0.167. The van der Waals surface area contributed by atoms with Crippen molar-refractivity contribution in [1.82, 2.24) is 0 Å². The molecular formula is C18H17NO3S. The molecule has 118 valence electrons. The fourth-order valence-electron chi connectivity index (χ4n) is 2.03. The van der Waals surface area contributed by atoms with Gasteiger partial charge < -0.3 is 4.74 Å². The lowest BCUT2D eigenvalue weighted by molar-refractivity contribution is 0.340. The molecule has 0 aromatic heterocycles. The molecule has 0 fully saturated rings. The summed E-state index contributed by atoms with van der Waals surface area (Å²) >= 11 is 0. The molecular weight excluding hydrogens is 310 g/mol. The van der Waals surface area contributed by atoms with E-state index in [-0.39, 0.29) is 9.80 Å². The van der Waals surface area contributed by atoms with Crippen LogP contribution in [0.5, 0.6) is 5.75 Å². The number of ether oxygens (including phenoxy) is 1. The van der Waals surface area contributed by atoms with Gasteiger partial charge in [0.2, 0.25) is 9.84 Å². The third-order valence-electron chi connectivity index (χ3n) is 3.20. The molecule has 0 saturated heterocycles. The summed E-state index contributed by atoms with van der Waals surface area (Å²) in [5.74, 6) is 0.631. The summed E-state index contributed by atoms with van der Waals surface area (Å²) in [6.45, 7) is 4.25. The Morgan fingerprint density at radius 2 is 1.91 bits per heavy atom. The summed E-state index contributed by atoms with van der Waals surface area (Å²) in [5.41, 5.74) is 1.55. The van der Waals surface area contributed by atoms with Crippen molar-refractivity contribution < 1.29 is 13.2 Å². The lowest BCUT2D eigenvalue weighted by Crippen LogP contribution is -2.03. The van der Waals surface area contributed by atoms with Crippen molar-refractivity contribution in [2.75, 3.05) is 6.61 Å². The van der Waals surface area contributed by atoms with Crippen LogP contribution in [0.15, 0.2) is 58.3 Å². The topological polar surface area (TPSA) is 67.2 Å². The van der Waals surface area contributed by atoms with Gasteiger partial charge in [-0.25, -0.2) is 8.42 Å². The number of hydrogen-bond acceptors (Lipinski definition) is 4. The van der Waals surface area contributed by atoms with E-state index in [4.69, 9.17) is 4.74 Å². The molecule has 0 atom stereocenters. The molecule has 0 N–H and O–H groups in total. The van der Waals surface area contributed by atoms with Crippen LogP contribution in [0.1, 0.15) is 18.1 Å². The van der Waals surface area contributed by atoms with Crippen LogP contribution in [-0.4, -0.2) is 15.0 Å². The van der Waals surface area contributed by atoms with Gasteiger partial charge in [0.1, 0.15) is 16.7 Å². The summed E-state index contributed by atoms with van der Waals surface area (Å²) in [6, 6.07) is 15.2. The van der Waals surface area contributed by atoms with E-state index in [9.17, 15) is 13.7 Å². The number of benzene rings is 2. The molecule has 0 aliphatic rings. The molecule has 0 amide bonds. The molecule has 23 heavy (non-hydrogen) atoms. The van der Waals surface area contributed by atoms with Crippen molar-refractivity contribution in [2.45, 2.75) is 18.7 Å². The molecule has 0 radical (unpaired) electrons. The minimum absolute atomic E-state index is 0.108. The lowest BCUT2D eigenvalue weighted by Gasteiger charge is -2.05. The lowest BCUT2D eigenvalue weighted by atomic mass is 10.2. The van der Waals surface area contributed by atoms with E-state index in [2.05, 4.69) is 0 Å². The monoisotopic (exact) mass is 327 g/mol. The normalized spacial score (nSPS) is 11.8. The van der Waals surface area contributed by atoms with Gasteiger partial charge in [0, 0.05) is 0 Å². The third kappa shape index (κ3) is 3.99. The molecule has 5 heteroatoms. The summed E-state index contributed by atoms with van der Waals surface area (Å²) in [6.07, 6.45) is 1.36. The largest absolute Gasteiger partial charge is 0.494 e. The van der Waals surface area contributed by atoms with E-state index >= 15 is 0 Å². The number of rotatable bonds is 5. The Kier molecular flexibility index (Phi) is 5.20. The molecule has 0 saturated carbocycles. The van der Waals surface area contributed by atoms with Crippen LogP contribution in [0.25, 0.3) is 6.08 Å². The molecule has 0 bridgehead atoms. The first kappa shape index (κ1) is 16.8. The average Bonchev–Trinajstić information content (AvgIpc) is 2.53. The quantitative estimate of drug-likeness (QED) is 0.785. The van der Waals surface area contributed by atoms with E-state index in [1.165, 1.54) is 18.2 Å². The molecule has 0 spiro atoms. The minimum atomic E-state index is -3.83. The highest BCUT2D eigenvalue weighted by Crippen LogP contribution is 2.23. The van der Waals surface area contributed by atoms with Crippen LogP contribution in [-0.2, 0) is 9.84 Å². The third-order valence-corrected chi connectivity index (χ3v) is 4.88. The van der Waals surface area contributed by atoms with Crippen molar-refractivity contribution >= 4 is 15.9 Å². The molecule has 0 unspecified atom stereocenters. The standard InChI is InChI=1S/C18H17NO3S/c1-3-22-16-6-4-5-15(11-16)12-18(13-19)23(20,21)17-9-7-14(2)8-10-17/h4-12H,3H2,1-2H3. The summed E-state index contributed by atoms with van der Waals surface area (Å²) < 4.78 is 30.5. The van der Waals surface area contributed by atoms with E-state index in [0.29, 0.717) is 17.9 Å². The van der Waals surface area contributed by atoms with Crippen molar-refractivity contribution in [3.8, 4) is 11.8 Å². The Hall–Kier alpha value is -2.58. The van der Waals surface area contributed by atoms with Gasteiger partial charge in [-0.2, -0.15) is 5.26 Å². The van der Waals surface area contributed by atoms with Gasteiger partial charge in [0.05, 0.1) is 11.5 Å². The second-order valence-electron chi connectivity index (χ2n) is 4.94. The van der Waals surface area contributed by atoms with Crippen LogP contribution >= 0.6 is 0 Å². The van der Waals surface area contributed by atoms with Crippen molar-refractivity contribution in [3.05, 3.63) is 64.6 Å². The van der Waals surface area contributed by atoms with Crippen LogP contribution < -0.4 is 4.74 Å². The molecule has 0 aliphatic heterocycles. The Balaban J connectivity index is 2.44. The minimum Gasteiger partial charge on any atom is -0.494 e. The van der Waals surface area contributed by atoms with Crippen molar-refractivity contribution in [2.24, 2.45) is 0 Å². The first-order valence-electron chi connectivity index (χ1n) is 7.14. The zero-order valence-electron chi connectivity index (χ0n) is 13.0. The van der Waals surface area contributed by atoms with Gasteiger partial charge in [0.15, 0.2) is 0 Å². The maximum absolute atomic E-state index is 12.6. The first-order valence-corrected chi connectivity index (χ1v) is 8.62. The number of allylic oxidation sites excluding steroid dienone is 1. The van der Waals surface area contributed by atoms with E-state index in [0.717, 1.165) is 5.56 Å². The van der Waals surface area contributed by atoms with Crippen LogP contribution in [0.3, 0.4) is 0 Å². The molecule has 2 rings (SSSR count). The summed E-state index contributed by atoms with van der Waals surface area (Å²) in [4.78, 5) is -0.188. The van der Waals surface area contributed by atoms with E-state index < -0.39 is 9.84 Å². The Labute approximate surface area is 136 Å². The molecule has 4 nitrogen and oxygen atoms in total.